The quantitative estimate of drug-likeness (QED) is 0.919. The molecule has 3 heterocycles. The second-order valence-electron chi connectivity index (χ2n) is 6.79. The number of carbonyl (C=O) groups is 1. The SMILES string of the molecule is C[C@H]1C[C@@H](C(=O)N2CCCC2c2nc3ccccc3s2)CCN1. The van der Waals surface area contributed by atoms with Crippen molar-refractivity contribution in [3.05, 3.63) is 29.3 Å². The van der Waals surface area contributed by atoms with Gasteiger partial charge in [0.15, 0.2) is 0 Å². The number of likely N-dealkylation sites (tertiary alicyclic amines) is 1. The molecule has 0 radical (unpaired) electrons. The molecule has 2 aromatic rings. The molecular weight excluding hydrogens is 306 g/mol. The normalized spacial score (nSPS) is 28.4. The minimum absolute atomic E-state index is 0.182. The number of thiazole rings is 1. The maximum atomic E-state index is 13.0. The van der Waals surface area contributed by atoms with Crippen molar-refractivity contribution in [1.82, 2.24) is 15.2 Å². The van der Waals surface area contributed by atoms with Gasteiger partial charge in [-0.1, -0.05) is 12.1 Å². The van der Waals surface area contributed by atoms with Gasteiger partial charge in [0.05, 0.1) is 16.3 Å². The first-order chi connectivity index (χ1) is 11.2. The van der Waals surface area contributed by atoms with E-state index < -0.39 is 0 Å². The topological polar surface area (TPSA) is 45.2 Å². The van der Waals surface area contributed by atoms with Gasteiger partial charge >= 0.3 is 0 Å². The van der Waals surface area contributed by atoms with Gasteiger partial charge < -0.3 is 10.2 Å². The van der Waals surface area contributed by atoms with Crippen molar-refractivity contribution in [3.8, 4) is 0 Å². The summed E-state index contributed by atoms with van der Waals surface area (Å²) in [5, 5.41) is 4.55. The van der Waals surface area contributed by atoms with Gasteiger partial charge in [0.1, 0.15) is 5.01 Å². The number of para-hydroxylation sites is 1. The van der Waals surface area contributed by atoms with Crippen molar-refractivity contribution in [2.75, 3.05) is 13.1 Å². The van der Waals surface area contributed by atoms with E-state index in [0.717, 1.165) is 49.3 Å². The number of piperidine rings is 1. The minimum Gasteiger partial charge on any atom is -0.333 e. The molecule has 3 atom stereocenters. The number of amides is 1. The van der Waals surface area contributed by atoms with Crippen LogP contribution in [0.4, 0.5) is 0 Å². The van der Waals surface area contributed by atoms with Crippen LogP contribution < -0.4 is 5.32 Å². The number of fused-ring (bicyclic) bond motifs is 1. The Kier molecular flexibility index (Phi) is 4.07. The zero-order valence-electron chi connectivity index (χ0n) is 13.5. The number of benzene rings is 1. The third-order valence-corrected chi connectivity index (χ3v) is 6.24. The van der Waals surface area contributed by atoms with Gasteiger partial charge in [0.25, 0.3) is 0 Å². The number of nitrogens with one attached hydrogen (secondary N) is 1. The Morgan fingerprint density at radius 1 is 1.35 bits per heavy atom. The lowest BCUT2D eigenvalue weighted by molar-refractivity contribution is -0.137. The Morgan fingerprint density at radius 2 is 2.22 bits per heavy atom. The molecule has 1 unspecified atom stereocenters. The summed E-state index contributed by atoms with van der Waals surface area (Å²) in [7, 11) is 0. The first-order valence-corrected chi connectivity index (χ1v) is 9.43. The summed E-state index contributed by atoms with van der Waals surface area (Å²) in [4.78, 5) is 19.9. The van der Waals surface area contributed by atoms with Crippen LogP contribution in [0, 0.1) is 5.92 Å². The van der Waals surface area contributed by atoms with Gasteiger partial charge in [-0.15, -0.1) is 11.3 Å². The van der Waals surface area contributed by atoms with Crippen molar-refractivity contribution in [3.63, 3.8) is 0 Å². The standard InChI is InChI=1S/C18H23N3OS/c1-12-11-13(8-9-19-12)18(22)21-10-4-6-15(21)17-20-14-5-2-3-7-16(14)23-17/h2-3,5,7,12-13,15,19H,4,6,8-11H2,1H3/t12-,13-,15?/m0/s1. The van der Waals surface area contributed by atoms with E-state index in [1.807, 2.05) is 6.07 Å². The summed E-state index contributed by atoms with van der Waals surface area (Å²) >= 11 is 1.75. The molecule has 1 N–H and O–H groups in total. The summed E-state index contributed by atoms with van der Waals surface area (Å²) in [6.45, 7) is 4.02. The van der Waals surface area contributed by atoms with E-state index in [1.54, 1.807) is 11.3 Å². The van der Waals surface area contributed by atoms with Crippen LogP contribution in [0.3, 0.4) is 0 Å². The second-order valence-corrected chi connectivity index (χ2v) is 7.85. The maximum Gasteiger partial charge on any atom is 0.226 e. The van der Waals surface area contributed by atoms with E-state index in [9.17, 15) is 4.79 Å². The lowest BCUT2D eigenvalue weighted by Crippen LogP contribution is -2.44. The van der Waals surface area contributed by atoms with Crippen molar-refractivity contribution in [1.29, 1.82) is 0 Å². The molecule has 0 saturated carbocycles. The van der Waals surface area contributed by atoms with Gasteiger partial charge in [0.2, 0.25) is 5.91 Å². The number of aromatic nitrogens is 1. The van der Waals surface area contributed by atoms with E-state index in [2.05, 4.69) is 35.3 Å². The van der Waals surface area contributed by atoms with Crippen molar-refractivity contribution in [2.45, 2.75) is 44.7 Å². The largest absolute Gasteiger partial charge is 0.333 e. The lowest BCUT2D eigenvalue weighted by atomic mass is 9.92. The van der Waals surface area contributed by atoms with Crippen molar-refractivity contribution < 1.29 is 4.79 Å². The molecule has 23 heavy (non-hydrogen) atoms. The van der Waals surface area contributed by atoms with Crippen LogP contribution in [-0.4, -0.2) is 34.9 Å². The molecule has 2 fully saturated rings. The van der Waals surface area contributed by atoms with Crippen molar-refractivity contribution in [2.24, 2.45) is 5.92 Å². The highest BCUT2D eigenvalue weighted by Gasteiger charge is 2.36. The number of hydrogen-bond acceptors (Lipinski definition) is 4. The Labute approximate surface area is 140 Å². The van der Waals surface area contributed by atoms with Crippen LogP contribution in [0.2, 0.25) is 0 Å². The minimum atomic E-state index is 0.182. The number of hydrogen-bond donors (Lipinski definition) is 1. The molecule has 1 aromatic heterocycles. The summed E-state index contributed by atoms with van der Waals surface area (Å²) in [6.07, 6.45) is 4.06. The molecular formula is C18H23N3OS. The van der Waals surface area contributed by atoms with E-state index in [4.69, 9.17) is 4.98 Å². The molecule has 0 spiro atoms. The zero-order valence-corrected chi connectivity index (χ0v) is 14.3. The Bertz CT molecular complexity index is 680. The van der Waals surface area contributed by atoms with E-state index in [1.165, 1.54) is 4.70 Å². The fraction of sp³-hybridized carbons (Fsp3) is 0.556. The van der Waals surface area contributed by atoms with E-state index in [-0.39, 0.29) is 12.0 Å². The predicted octanol–water partition coefficient (Wildman–Crippen LogP) is 3.35. The van der Waals surface area contributed by atoms with Crippen LogP contribution in [0.15, 0.2) is 24.3 Å². The third-order valence-electron chi connectivity index (χ3n) is 5.10. The monoisotopic (exact) mass is 329 g/mol. The maximum absolute atomic E-state index is 13.0. The van der Waals surface area contributed by atoms with E-state index >= 15 is 0 Å². The molecule has 4 rings (SSSR count). The van der Waals surface area contributed by atoms with Gasteiger partial charge in [0, 0.05) is 18.5 Å². The van der Waals surface area contributed by atoms with Gasteiger partial charge in [-0.25, -0.2) is 4.98 Å². The highest BCUT2D eigenvalue weighted by atomic mass is 32.1. The van der Waals surface area contributed by atoms with Gasteiger partial charge in [-0.05, 0) is 51.3 Å². The Morgan fingerprint density at radius 3 is 3.04 bits per heavy atom. The molecule has 2 aliphatic heterocycles. The highest BCUT2D eigenvalue weighted by molar-refractivity contribution is 7.18. The first-order valence-electron chi connectivity index (χ1n) is 8.61. The molecule has 1 amide bonds. The lowest BCUT2D eigenvalue weighted by Gasteiger charge is -2.32. The summed E-state index contributed by atoms with van der Waals surface area (Å²) in [5.74, 6) is 0.529. The van der Waals surface area contributed by atoms with Crippen molar-refractivity contribution >= 4 is 27.5 Å². The van der Waals surface area contributed by atoms with Crippen LogP contribution in [0.5, 0.6) is 0 Å². The molecule has 2 aliphatic rings. The zero-order chi connectivity index (χ0) is 15.8. The number of carbonyl (C=O) groups excluding carboxylic acids is 1. The molecule has 122 valence electrons. The average Bonchev–Trinajstić information content (AvgIpc) is 3.20. The van der Waals surface area contributed by atoms with Gasteiger partial charge in [-0.3, -0.25) is 4.79 Å². The summed E-state index contributed by atoms with van der Waals surface area (Å²) < 4.78 is 1.22. The smallest absolute Gasteiger partial charge is 0.226 e. The second kappa shape index (κ2) is 6.21. The number of nitrogens with zero attached hydrogens (tertiary/aromatic N) is 2. The summed E-state index contributed by atoms with van der Waals surface area (Å²) in [5.41, 5.74) is 1.06. The van der Waals surface area contributed by atoms with Crippen LogP contribution in [-0.2, 0) is 4.79 Å². The first kappa shape index (κ1) is 15.1. The average molecular weight is 329 g/mol. The van der Waals surface area contributed by atoms with Gasteiger partial charge in [-0.2, -0.15) is 0 Å². The van der Waals surface area contributed by atoms with Crippen LogP contribution >= 0.6 is 11.3 Å². The van der Waals surface area contributed by atoms with E-state index in [0.29, 0.717) is 11.9 Å². The molecule has 0 aliphatic carbocycles. The molecule has 0 bridgehead atoms. The van der Waals surface area contributed by atoms with Crippen LogP contribution in [0.1, 0.15) is 43.7 Å². The molecule has 1 aromatic carbocycles. The van der Waals surface area contributed by atoms with Crippen LogP contribution in [0.25, 0.3) is 10.2 Å². The number of rotatable bonds is 2. The molecule has 4 nitrogen and oxygen atoms in total. The Balaban J connectivity index is 1.57. The fourth-order valence-corrected chi connectivity index (χ4v) is 5.03. The predicted molar refractivity (Wildman–Crippen MR) is 93.5 cm³/mol. The molecule has 5 heteroatoms. The fourth-order valence-electron chi connectivity index (χ4n) is 3.91. The highest BCUT2D eigenvalue weighted by Crippen LogP contribution is 2.38. The summed E-state index contributed by atoms with van der Waals surface area (Å²) in [6, 6.07) is 8.89. The Hall–Kier alpha value is -1.46. The third kappa shape index (κ3) is 2.88. The molecule has 2 saturated heterocycles.